The Kier molecular flexibility index (Phi) is 3.10. The van der Waals surface area contributed by atoms with E-state index in [1.54, 1.807) is 18.2 Å². The van der Waals surface area contributed by atoms with Gasteiger partial charge in [0.25, 0.3) is 0 Å². The molecule has 0 saturated heterocycles. The van der Waals surface area contributed by atoms with Crippen LogP contribution in [0, 0.1) is 11.3 Å². The summed E-state index contributed by atoms with van der Waals surface area (Å²) in [5.41, 5.74) is 1.99. The second-order valence-corrected chi connectivity index (χ2v) is 4.45. The Hall–Kier alpha value is -2.81. The number of benzene rings is 2. The highest BCUT2D eigenvalue weighted by molar-refractivity contribution is 5.56. The van der Waals surface area contributed by atoms with Gasteiger partial charge >= 0.3 is 6.29 Å². The first-order chi connectivity index (χ1) is 10.1. The lowest BCUT2D eigenvalue weighted by Gasteiger charge is -2.08. The highest BCUT2D eigenvalue weighted by atomic mass is 19.3. The molecule has 3 rings (SSSR count). The third-order valence-electron chi connectivity index (χ3n) is 3.02. The van der Waals surface area contributed by atoms with Crippen molar-refractivity contribution < 1.29 is 18.3 Å². The molecule has 0 atom stereocenters. The van der Waals surface area contributed by atoms with Gasteiger partial charge in [-0.1, -0.05) is 18.2 Å². The molecule has 0 aromatic heterocycles. The van der Waals surface area contributed by atoms with E-state index < -0.39 is 6.29 Å². The number of rotatable bonds is 3. The first-order valence-electron chi connectivity index (χ1n) is 6.19. The van der Waals surface area contributed by atoms with E-state index >= 15 is 0 Å². The van der Waals surface area contributed by atoms with Crippen molar-refractivity contribution in [1.29, 1.82) is 5.26 Å². The van der Waals surface area contributed by atoms with Crippen LogP contribution >= 0.6 is 0 Å². The Labute approximate surface area is 119 Å². The van der Waals surface area contributed by atoms with Gasteiger partial charge in [0.2, 0.25) is 0 Å². The summed E-state index contributed by atoms with van der Waals surface area (Å²) in [6.45, 7) is 0.403. The second-order valence-electron chi connectivity index (χ2n) is 4.45. The van der Waals surface area contributed by atoms with Crippen molar-refractivity contribution in [1.82, 2.24) is 0 Å². The zero-order valence-electron chi connectivity index (χ0n) is 10.8. The SMILES string of the molecule is N#Cc1ccccc1CNc1ccc2c(c1)OC(F)(F)O2. The lowest BCUT2D eigenvalue weighted by Crippen LogP contribution is -2.25. The smallest absolute Gasteiger partial charge is 0.395 e. The largest absolute Gasteiger partial charge is 0.586 e. The molecule has 0 amide bonds. The van der Waals surface area contributed by atoms with Crippen LogP contribution in [0.25, 0.3) is 0 Å². The van der Waals surface area contributed by atoms with Crippen LogP contribution in [0.15, 0.2) is 42.5 Å². The standard InChI is InChI=1S/C15H10F2N2O2/c16-15(17)20-13-6-5-12(7-14(13)21-15)19-9-11-4-2-1-3-10(11)8-18/h1-7,19H,9H2. The van der Waals surface area contributed by atoms with Crippen LogP contribution in [0.3, 0.4) is 0 Å². The molecule has 0 radical (unpaired) electrons. The van der Waals surface area contributed by atoms with Crippen molar-refractivity contribution in [3.05, 3.63) is 53.6 Å². The predicted octanol–water partition coefficient (Wildman–Crippen LogP) is 3.49. The Morgan fingerprint density at radius 3 is 2.67 bits per heavy atom. The van der Waals surface area contributed by atoms with E-state index in [0.717, 1.165) is 5.56 Å². The maximum Gasteiger partial charge on any atom is 0.586 e. The van der Waals surface area contributed by atoms with E-state index in [9.17, 15) is 8.78 Å². The molecule has 106 valence electrons. The molecule has 0 unspecified atom stereocenters. The number of nitrogens with zero attached hydrogens (tertiary/aromatic N) is 1. The van der Waals surface area contributed by atoms with E-state index in [-0.39, 0.29) is 11.5 Å². The van der Waals surface area contributed by atoms with Crippen LogP contribution in [0.5, 0.6) is 11.5 Å². The molecule has 0 saturated carbocycles. The van der Waals surface area contributed by atoms with Crippen LogP contribution in [0.4, 0.5) is 14.5 Å². The topological polar surface area (TPSA) is 54.3 Å². The van der Waals surface area contributed by atoms with E-state index in [2.05, 4.69) is 20.9 Å². The van der Waals surface area contributed by atoms with Gasteiger partial charge in [0.15, 0.2) is 11.5 Å². The van der Waals surface area contributed by atoms with E-state index in [1.807, 2.05) is 12.1 Å². The number of alkyl halides is 2. The first-order valence-corrected chi connectivity index (χ1v) is 6.19. The molecule has 2 aromatic rings. The zero-order chi connectivity index (χ0) is 14.9. The average Bonchev–Trinajstić information content (AvgIpc) is 2.78. The molecule has 4 nitrogen and oxygen atoms in total. The van der Waals surface area contributed by atoms with Crippen molar-refractivity contribution in [2.24, 2.45) is 0 Å². The van der Waals surface area contributed by atoms with E-state index in [1.165, 1.54) is 12.1 Å². The summed E-state index contributed by atoms with van der Waals surface area (Å²) in [5, 5.41) is 12.1. The number of hydrogen-bond acceptors (Lipinski definition) is 4. The third-order valence-corrected chi connectivity index (χ3v) is 3.02. The van der Waals surface area contributed by atoms with Gasteiger partial charge in [0.05, 0.1) is 11.6 Å². The normalized spacial score (nSPS) is 14.5. The Morgan fingerprint density at radius 2 is 1.86 bits per heavy atom. The van der Waals surface area contributed by atoms with Crippen LogP contribution in [-0.4, -0.2) is 6.29 Å². The lowest BCUT2D eigenvalue weighted by atomic mass is 10.1. The molecule has 0 aliphatic carbocycles. The minimum Gasteiger partial charge on any atom is -0.395 e. The molecule has 0 fully saturated rings. The Bertz CT molecular complexity index is 726. The van der Waals surface area contributed by atoms with Crippen molar-refractivity contribution >= 4 is 5.69 Å². The number of anilines is 1. The molecule has 1 aliphatic heterocycles. The number of halogens is 2. The molecular weight excluding hydrogens is 278 g/mol. The summed E-state index contributed by atoms with van der Waals surface area (Å²) in [4.78, 5) is 0. The van der Waals surface area contributed by atoms with Gasteiger partial charge in [-0.15, -0.1) is 8.78 Å². The molecule has 1 heterocycles. The van der Waals surface area contributed by atoms with Crippen molar-refractivity contribution in [2.75, 3.05) is 5.32 Å². The molecule has 1 aliphatic rings. The number of nitrogens with one attached hydrogen (secondary N) is 1. The van der Waals surface area contributed by atoms with Crippen LogP contribution in [0.2, 0.25) is 0 Å². The zero-order valence-corrected chi connectivity index (χ0v) is 10.8. The summed E-state index contributed by atoms with van der Waals surface area (Å²) in [5.74, 6) is -0.0125. The maximum atomic E-state index is 12.9. The van der Waals surface area contributed by atoms with Gasteiger partial charge < -0.3 is 14.8 Å². The summed E-state index contributed by atoms with van der Waals surface area (Å²) in [6.07, 6.45) is -3.62. The third kappa shape index (κ3) is 2.72. The highest BCUT2D eigenvalue weighted by Gasteiger charge is 2.43. The molecule has 0 bridgehead atoms. The Balaban J connectivity index is 1.74. The van der Waals surface area contributed by atoms with Gasteiger partial charge in [-0.05, 0) is 23.8 Å². The van der Waals surface area contributed by atoms with Crippen LogP contribution < -0.4 is 14.8 Å². The van der Waals surface area contributed by atoms with E-state index in [4.69, 9.17) is 5.26 Å². The number of fused-ring (bicyclic) bond motifs is 1. The lowest BCUT2D eigenvalue weighted by molar-refractivity contribution is -0.286. The Morgan fingerprint density at radius 1 is 1.10 bits per heavy atom. The van der Waals surface area contributed by atoms with Gasteiger partial charge in [0.1, 0.15) is 0 Å². The average molecular weight is 288 g/mol. The second kappa shape index (κ2) is 4.94. The van der Waals surface area contributed by atoms with Gasteiger partial charge in [-0.3, -0.25) is 0 Å². The summed E-state index contributed by atoms with van der Waals surface area (Å²) < 4.78 is 34.5. The highest BCUT2D eigenvalue weighted by Crippen LogP contribution is 2.42. The minimum atomic E-state index is -3.62. The maximum absolute atomic E-state index is 12.9. The summed E-state index contributed by atoms with van der Waals surface area (Å²) in [6, 6.07) is 13.7. The molecule has 6 heteroatoms. The number of hydrogen-bond donors (Lipinski definition) is 1. The quantitative estimate of drug-likeness (QED) is 0.939. The molecule has 21 heavy (non-hydrogen) atoms. The fraction of sp³-hybridized carbons (Fsp3) is 0.133. The molecular formula is C15H10F2N2O2. The molecule has 0 spiro atoms. The molecule has 2 aromatic carbocycles. The number of ether oxygens (including phenoxy) is 2. The monoisotopic (exact) mass is 288 g/mol. The summed E-state index contributed by atoms with van der Waals surface area (Å²) in [7, 11) is 0. The van der Waals surface area contributed by atoms with E-state index in [0.29, 0.717) is 17.8 Å². The van der Waals surface area contributed by atoms with Crippen molar-refractivity contribution in [3.8, 4) is 17.6 Å². The van der Waals surface area contributed by atoms with Crippen molar-refractivity contribution in [3.63, 3.8) is 0 Å². The number of nitriles is 1. The molecule has 1 N–H and O–H groups in total. The van der Waals surface area contributed by atoms with Crippen LogP contribution in [-0.2, 0) is 6.54 Å². The van der Waals surface area contributed by atoms with Gasteiger partial charge in [-0.25, -0.2) is 0 Å². The van der Waals surface area contributed by atoms with Crippen molar-refractivity contribution in [2.45, 2.75) is 12.8 Å². The predicted molar refractivity (Wildman–Crippen MR) is 71.1 cm³/mol. The fourth-order valence-corrected chi connectivity index (χ4v) is 2.04. The fourth-order valence-electron chi connectivity index (χ4n) is 2.04. The van der Waals surface area contributed by atoms with Gasteiger partial charge in [-0.2, -0.15) is 5.26 Å². The summed E-state index contributed by atoms with van der Waals surface area (Å²) >= 11 is 0. The minimum absolute atomic E-state index is 0.00275. The van der Waals surface area contributed by atoms with Gasteiger partial charge in [0, 0.05) is 18.3 Å². The first kappa shape index (κ1) is 13.2. The van der Waals surface area contributed by atoms with Crippen LogP contribution in [0.1, 0.15) is 11.1 Å².